The number of benzene rings is 2. The van der Waals surface area contributed by atoms with Crippen molar-refractivity contribution in [3.05, 3.63) is 65.2 Å². The second-order valence-corrected chi connectivity index (χ2v) is 5.38. The Kier molecular flexibility index (Phi) is 4.07. The molecule has 1 atom stereocenters. The summed E-state index contributed by atoms with van der Waals surface area (Å²) < 4.78 is 43.1. The Bertz CT molecular complexity index is 637. The van der Waals surface area contributed by atoms with Crippen molar-refractivity contribution in [2.24, 2.45) is 0 Å². The van der Waals surface area contributed by atoms with Gasteiger partial charge in [0.05, 0.1) is 5.56 Å². The SMILES string of the molecule is FC(F)(F)c1ccc(OCC2Cc3ccccc3CN2)cc1. The van der Waals surface area contributed by atoms with Crippen LogP contribution in [-0.2, 0) is 19.1 Å². The Labute approximate surface area is 126 Å². The summed E-state index contributed by atoms with van der Waals surface area (Å²) in [5.41, 5.74) is 1.92. The standard InChI is InChI=1S/C17H16F3NO/c18-17(19,20)14-5-7-16(8-6-14)22-11-15-9-12-3-1-2-4-13(12)10-21-15/h1-8,15,21H,9-11H2. The van der Waals surface area contributed by atoms with Crippen molar-refractivity contribution in [3.63, 3.8) is 0 Å². The third-order valence-corrected chi connectivity index (χ3v) is 3.80. The van der Waals surface area contributed by atoms with E-state index < -0.39 is 11.7 Å². The molecule has 1 N–H and O–H groups in total. The topological polar surface area (TPSA) is 21.3 Å². The average molecular weight is 307 g/mol. The van der Waals surface area contributed by atoms with E-state index in [0.29, 0.717) is 12.4 Å². The fraction of sp³-hybridized carbons (Fsp3) is 0.294. The number of hydrogen-bond donors (Lipinski definition) is 1. The quantitative estimate of drug-likeness (QED) is 0.931. The second-order valence-electron chi connectivity index (χ2n) is 5.38. The molecule has 22 heavy (non-hydrogen) atoms. The van der Waals surface area contributed by atoms with Crippen LogP contribution in [0.1, 0.15) is 16.7 Å². The zero-order valence-corrected chi connectivity index (χ0v) is 11.9. The van der Waals surface area contributed by atoms with Crippen LogP contribution in [0.3, 0.4) is 0 Å². The molecule has 3 rings (SSSR count). The summed E-state index contributed by atoms with van der Waals surface area (Å²) in [6, 6.07) is 13.2. The fourth-order valence-electron chi connectivity index (χ4n) is 2.58. The fourth-order valence-corrected chi connectivity index (χ4v) is 2.58. The lowest BCUT2D eigenvalue weighted by Crippen LogP contribution is -2.39. The maximum atomic E-state index is 12.5. The summed E-state index contributed by atoms with van der Waals surface area (Å²) in [6.45, 7) is 1.22. The molecular formula is C17H16F3NO. The van der Waals surface area contributed by atoms with Gasteiger partial charge in [-0.15, -0.1) is 0 Å². The van der Waals surface area contributed by atoms with Gasteiger partial charge in [-0.3, -0.25) is 0 Å². The Hall–Kier alpha value is -2.01. The van der Waals surface area contributed by atoms with Crippen LogP contribution in [-0.4, -0.2) is 12.6 Å². The summed E-state index contributed by atoms with van der Waals surface area (Å²) in [6.07, 6.45) is -3.45. The number of rotatable bonds is 3. The summed E-state index contributed by atoms with van der Waals surface area (Å²) in [5.74, 6) is 0.452. The number of halogens is 3. The minimum atomic E-state index is -4.31. The van der Waals surface area contributed by atoms with Gasteiger partial charge < -0.3 is 10.1 Å². The van der Waals surface area contributed by atoms with E-state index in [1.165, 1.54) is 23.3 Å². The first-order valence-corrected chi connectivity index (χ1v) is 7.12. The molecule has 0 bridgehead atoms. The van der Waals surface area contributed by atoms with Gasteiger partial charge in [0.15, 0.2) is 0 Å². The van der Waals surface area contributed by atoms with Crippen molar-refractivity contribution >= 4 is 0 Å². The molecule has 2 aromatic rings. The summed E-state index contributed by atoms with van der Waals surface area (Å²) in [5, 5.41) is 3.38. The molecule has 0 amide bonds. The molecule has 0 spiro atoms. The lowest BCUT2D eigenvalue weighted by Gasteiger charge is -2.26. The Morgan fingerprint density at radius 1 is 1.00 bits per heavy atom. The molecule has 5 heteroatoms. The highest BCUT2D eigenvalue weighted by Gasteiger charge is 2.30. The van der Waals surface area contributed by atoms with Gasteiger partial charge in [-0.05, 0) is 41.8 Å². The third kappa shape index (κ3) is 3.42. The first-order chi connectivity index (χ1) is 10.5. The smallest absolute Gasteiger partial charge is 0.416 e. The van der Waals surface area contributed by atoms with Crippen molar-refractivity contribution in [3.8, 4) is 5.75 Å². The first kappa shape index (κ1) is 14.9. The number of nitrogens with one attached hydrogen (secondary N) is 1. The van der Waals surface area contributed by atoms with Crippen molar-refractivity contribution < 1.29 is 17.9 Å². The van der Waals surface area contributed by atoms with Crippen molar-refractivity contribution in [1.82, 2.24) is 5.32 Å². The molecule has 1 heterocycles. The van der Waals surface area contributed by atoms with E-state index >= 15 is 0 Å². The lowest BCUT2D eigenvalue weighted by molar-refractivity contribution is -0.137. The highest BCUT2D eigenvalue weighted by Crippen LogP contribution is 2.30. The molecule has 1 aliphatic heterocycles. The van der Waals surface area contributed by atoms with E-state index in [9.17, 15) is 13.2 Å². The van der Waals surface area contributed by atoms with Gasteiger partial charge in [0, 0.05) is 12.6 Å². The molecule has 2 nitrogen and oxygen atoms in total. The number of ether oxygens (including phenoxy) is 1. The average Bonchev–Trinajstić information content (AvgIpc) is 2.52. The number of fused-ring (bicyclic) bond motifs is 1. The summed E-state index contributed by atoms with van der Waals surface area (Å²) in [4.78, 5) is 0. The maximum Gasteiger partial charge on any atom is 0.416 e. The van der Waals surface area contributed by atoms with Crippen molar-refractivity contribution in [1.29, 1.82) is 0 Å². The van der Waals surface area contributed by atoms with Gasteiger partial charge in [0.2, 0.25) is 0 Å². The Morgan fingerprint density at radius 2 is 1.68 bits per heavy atom. The van der Waals surface area contributed by atoms with E-state index in [2.05, 4.69) is 17.4 Å². The molecule has 0 saturated heterocycles. The van der Waals surface area contributed by atoms with Crippen LogP contribution in [0, 0.1) is 0 Å². The van der Waals surface area contributed by atoms with Gasteiger partial charge in [0.1, 0.15) is 12.4 Å². The van der Waals surface area contributed by atoms with Crippen LogP contribution in [0.2, 0.25) is 0 Å². The third-order valence-electron chi connectivity index (χ3n) is 3.80. The van der Waals surface area contributed by atoms with Gasteiger partial charge in [-0.2, -0.15) is 13.2 Å². The maximum absolute atomic E-state index is 12.5. The highest BCUT2D eigenvalue weighted by atomic mass is 19.4. The lowest BCUT2D eigenvalue weighted by atomic mass is 9.96. The van der Waals surface area contributed by atoms with Gasteiger partial charge in [0.25, 0.3) is 0 Å². The minimum absolute atomic E-state index is 0.164. The Balaban J connectivity index is 1.57. The molecular weight excluding hydrogens is 291 g/mol. The van der Waals surface area contributed by atoms with Gasteiger partial charge >= 0.3 is 6.18 Å². The predicted molar refractivity (Wildman–Crippen MR) is 77.7 cm³/mol. The zero-order valence-electron chi connectivity index (χ0n) is 11.9. The molecule has 0 fully saturated rings. The normalized spacial score (nSPS) is 17.9. The van der Waals surface area contributed by atoms with Crippen LogP contribution in [0.4, 0.5) is 13.2 Å². The van der Waals surface area contributed by atoms with Crippen LogP contribution >= 0.6 is 0 Å². The van der Waals surface area contributed by atoms with Crippen LogP contribution in [0.5, 0.6) is 5.75 Å². The van der Waals surface area contributed by atoms with E-state index in [-0.39, 0.29) is 6.04 Å². The highest BCUT2D eigenvalue weighted by molar-refractivity contribution is 5.31. The van der Waals surface area contributed by atoms with Gasteiger partial charge in [-0.1, -0.05) is 24.3 Å². The van der Waals surface area contributed by atoms with Crippen molar-refractivity contribution in [2.75, 3.05) is 6.61 Å². The van der Waals surface area contributed by atoms with Gasteiger partial charge in [-0.25, -0.2) is 0 Å². The van der Waals surface area contributed by atoms with Crippen LogP contribution in [0.25, 0.3) is 0 Å². The molecule has 116 valence electrons. The number of hydrogen-bond acceptors (Lipinski definition) is 2. The van der Waals surface area contributed by atoms with E-state index in [4.69, 9.17) is 4.74 Å². The molecule has 1 unspecified atom stereocenters. The van der Waals surface area contributed by atoms with Crippen LogP contribution in [0.15, 0.2) is 48.5 Å². The minimum Gasteiger partial charge on any atom is -0.492 e. The predicted octanol–water partition coefficient (Wildman–Crippen LogP) is 3.80. The monoisotopic (exact) mass is 307 g/mol. The molecule has 0 aromatic heterocycles. The van der Waals surface area contributed by atoms with E-state index in [1.54, 1.807) is 0 Å². The largest absolute Gasteiger partial charge is 0.492 e. The summed E-state index contributed by atoms with van der Waals surface area (Å²) >= 11 is 0. The van der Waals surface area contributed by atoms with Crippen LogP contribution < -0.4 is 10.1 Å². The van der Waals surface area contributed by atoms with Crippen molar-refractivity contribution in [2.45, 2.75) is 25.2 Å². The van der Waals surface area contributed by atoms with E-state index in [1.807, 2.05) is 12.1 Å². The number of alkyl halides is 3. The second kappa shape index (κ2) is 6.01. The van der Waals surface area contributed by atoms with E-state index in [0.717, 1.165) is 25.1 Å². The Morgan fingerprint density at radius 3 is 2.36 bits per heavy atom. The molecule has 0 radical (unpaired) electrons. The molecule has 1 aliphatic rings. The summed E-state index contributed by atoms with van der Waals surface area (Å²) in [7, 11) is 0. The molecule has 0 aliphatic carbocycles. The zero-order chi connectivity index (χ0) is 15.6. The molecule has 0 saturated carbocycles. The molecule has 2 aromatic carbocycles. The first-order valence-electron chi connectivity index (χ1n) is 7.12.